The lowest BCUT2D eigenvalue weighted by atomic mass is 10.1. The van der Waals surface area contributed by atoms with Crippen molar-refractivity contribution in [1.29, 1.82) is 0 Å². The molecule has 3 aromatic rings. The van der Waals surface area contributed by atoms with Gasteiger partial charge in [-0.1, -0.05) is 66.4 Å². The molecule has 1 aromatic heterocycles. The monoisotopic (exact) mass is 435 g/mol. The normalized spacial score (nSPS) is 15.9. The summed E-state index contributed by atoms with van der Waals surface area (Å²) >= 11 is 1.50. The minimum Gasteiger partial charge on any atom is -0.376 e. The van der Waals surface area contributed by atoms with Gasteiger partial charge in [-0.15, -0.1) is 0 Å². The summed E-state index contributed by atoms with van der Waals surface area (Å²) in [5.41, 5.74) is 4.58. The number of carbonyl (C=O) groups is 1. The van der Waals surface area contributed by atoms with Crippen LogP contribution in [0.4, 0.5) is 0 Å². The number of ether oxygens (including phenoxy) is 1. The summed E-state index contributed by atoms with van der Waals surface area (Å²) in [5, 5.41) is 0.868. The molecule has 1 aliphatic rings. The van der Waals surface area contributed by atoms with Crippen LogP contribution in [0.1, 0.15) is 24.0 Å². The van der Waals surface area contributed by atoms with Gasteiger partial charge in [-0.05, 0) is 36.5 Å². The maximum atomic E-state index is 12.8. The summed E-state index contributed by atoms with van der Waals surface area (Å²) in [6.07, 6.45) is 4.28. The number of amides is 1. The van der Waals surface area contributed by atoms with Crippen LogP contribution in [0.2, 0.25) is 0 Å². The molecule has 0 aliphatic carbocycles. The molecule has 0 saturated carbocycles. The van der Waals surface area contributed by atoms with Gasteiger partial charge in [0, 0.05) is 20.2 Å². The summed E-state index contributed by atoms with van der Waals surface area (Å²) in [6, 6.07) is 18.5. The van der Waals surface area contributed by atoms with Gasteiger partial charge in [0.2, 0.25) is 5.91 Å². The fourth-order valence-corrected chi connectivity index (χ4v) is 4.78. The number of thioether (sulfide) groups is 1. The predicted octanol–water partition coefficient (Wildman–Crippen LogP) is 4.79. The lowest BCUT2D eigenvalue weighted by Gasteiger charge is -2.19. The van der Waals surface area contributed by atoms with Crippen molar-refractivity contribution in [2.75, 3.05) is 19.4 Å². The van der Waals surface area contributed by atoms with Crippen molar-refractivity contribution < 1.29 is 9.53 Å². The average molecular weight is 436 g/mol. The molecule has 5 nitrogen and oxygen atoms in total. The molecule has 0 bridgehead atoms. The molecule has 4 rings (SSSR count). The van der Waals surface area contributed by atoms with Crippen molar-refractivity contribution in [2.45, 2.75) is 44.1 Å². The molecule has 162 valence electrons. The molecule has 31 heavy (non-hydrogen) atoms. The number of nitrogens with zero attached hydrogens (tertiary/aromatic N) is 3. The van der Waals surface area contributed by atoms with Crippen LogP contribution in [0.5, 0.6) is 0 Å². The first-order valence-electron chi connectivity index (χ1n) is 10.8. The Labute approximate surface area is 188 Å². The molecule has 6 heteroatoms. The third kappa shape index (κ3) is 5.38. The molecule has 1 amide bonds. The lowest BCUT2D eigenvalue weighted by Crippen LogP contribution is -2.28. The zero-order valence-electron chi connectivity index (χ0n) is 18.2. The Morgan fingerprint density at radius 3 is 2.71 bits per heavy atom. The van der Waals surface area contributed by atoms with Gasteiger partial charge in [0.05, 0.1) is 30.3 Å². The first-order valence-corrected chi connectivity index (χ1v) is 11.7. The highest BCUT2D eigenvalue weighted by atomic mass is 32.2. The Hall–Kier alpha value is -2.57. The van der Waals surface area contributed by atoms with E-state index in [1.54, 1.807) is 4.90 Å². The van der Waals surface area contributed by atoms with Gasteiger partial charge in [-0.3, -0.25) is 4.79 Å². The molecular weight excluding hydrogens is 406 g/mol. The zero-order chi connectivity index (χ0) is 21.6. The first kappa shape index (κ1) is 21.7. The first-order chi connectivity index (χ1) is 15.1. The predicted molar refractivity (Wildman–Crippen MR) is 125 cm³/mol. The Kier molecular flexibility index (Phi) is 7.10. The van der Waals surface area contributed by atoms with Gasteiger partial charge in [0.1, 0.15) is 0 Å². The molecule has 1 unspecified atom stereocenters. The quantitative estimate of drug-likeness (QED) is 0.478. The minimum atomic E-state index is 0.0983. The SMILES string of the molecule is Cc1ccccc1CN(C)C(=O)CSc1ncc(-c2ccccc2)n1CC1CCCO1. The third-order valence-electron chi connectivity index (χ3n) is 5.72. The Bertz CT molecular complexity index is 1010. The standard InChI is InChI=1S/C25H29N3O2S/c1-19-9-6-7-12-21(19)16-27(2)24(29)18-31-25-26-15-23(20-10-4-3-5-11-20)28(25)17-22-13-8-14-30-22/h3-7,9-12,15,22H,8,13-14,16-18H2,1-2H3. The van der Waals surface area contributed by atoms with Crippen LogP contribution in [0.3, 0.4) is 0 Å². The second-order valence-electron chi connectivity index (χ2n) is 8.00. The zero-order valence-corrected chi connectivity index (χ0v) is 19.0. The van der Waals surface area contributed by atoms with Gasteiger partial charge >= 0.3 is 0 Å². The number of aromatic nitrogens is 2. The highest BCUT2D eigenvalue weighted by molar-refractivity contribution is 7.99. The van der Waals surface area contributed by atoms with E-state index in [0.717, 1.165) is 42.4 Å². The molecule has 2 aromatic carbocycles. The number of rotatable bonds is 8. The lowest BCUT2D eigenvalue weighted by molar-refractivity contribution is -0.127. The van der Waals surface area contributed by atoms with E-state index in [1.807, 2.05) is 43.6 Å². The molecule has 2 heterocycles. The van der Waals surface area contributed by atoms with Crippen LogP contribution in [-0.2, 0) is 22.6 Å². The Morgan fingerprint density at radius 1 is 1.19 bits per heavy atom. The van der Waals surface area contributed by atoms with Crippen molar-refractivity contribution >= 4 is 17.7 Å². The van der Waals surface area contributed by atoms with Crippen molar-refractivity contribution in [1.82, 2.24) is 14.5 Å². The second-order valence-corrected chi connectivity index (χ2v) is 8.95. The van der Waals surface area contributed by atoms with Gasteiger partial charge in [-0.2, -0.15) is 0 Å². The van der Waals surface area contributed by atoms with Crippen LogP contribution < -0.4 is 0 Å². The molecular formula is C25H29N3O2S. The Balaban J connectivity index is 1.46. The van der Waals surface area contributed by atoms with Crippen molar-refractivity contribution in [3.63, 3.8) is 0 Å². The van der Waals surface area contributed by atoms with E-state index < -0.39 is 0 Å². The van der Waals surface area contributed by atoms with E-state index in [2.05, 4.69) is 40.7 Å². The number of hydrogen-bond donors (Lipinski definition) is 0. The van der Waals surface area contributed by atoms with Crippen LogP contribution >= 0.6 is 11.8 Å². The average Bonchev–Trinajstić information content (AvgIpc) is 3.44. The fourth-order valence-electron chi connectivity index (χ4n) is 3.85. The van der Waals surface area contributed by atoms with E-state index in [1.165, 1.54) is 22.9 Å². The van der Waals surface area contributed by atoms with E-state index >= 15 is 0 Å². The summed E-state index contributed by atoms with van der Waals surface area (Å²) < 4.78 is 8.09. The summed E-state index contributed by atoms with van der Waals surface area (Å²) in [6.45, 7) is 4.28. The van der Waals surface area contributed by atoms with Crippen LogP contribution in [-0.4, -0.2) is 45.9 Å². The van der Waals surface area contributed by atoms with Crippen LogP contribution in [0, 0.1) is 6.92 Å². The Morgan fingerprint density at radius 2 is 1.97 bits per heavy atom. The van der Waals surface area contributed by atoms with Crippen LogP contribution in [0.25, 0.3) is 11.3 Å². The summed E-state index contributed by atoms with van der Waals surface area (Å²) in [4.78, 5) is 19.3. The number of aryl methyl sites for hydroxylation is 1. The molecule has 0 spiro atoms. The highest BCUT2D eigenvalue weighted by Crippen LogP contribution is 2.28. The molecule has 1 saturated heterocycles. The topological polar surface area (TPSA) is 47.4 Å². The van der Waals surface area contributed by atoms with Crippen LogP contribution in [0.15, 0.2) is 66.0 Å². The molecule has 0 radical (unpaired) electrons. The van der Waals surface area contributed by atoms with E-state index in [9.17, 15) is 4.79 Å². The minimum absolute atomic E-state index is 0.0983. The number of imidazole rings is 1. The summed E-state index contributed by atoms with van der Waals surface area (Å²) in [7, 11) is 1.86. The smallest absolute Gasteiger partial charge is 0.233 e. The summed E-state index contributed by atoms with van der Waals surface area (Å²) in [5.74, 6) is 0.459. The fraction of sp³-hybridized carbons (Fsp3) is 0.360. The van der Waals surface area contributed by atoms with Gasteiger partial charge in [0.15, 0.2) is 5.16 Å². The van der Waals surface area contributed by atoms with E-state index in [4.69, 9.17) is 4.74 Å². The van der Waals surface area contributed by atoms with Crippen molar-refractivity contribution in [3.05, 3.63) is 71.9 Å². The van der Waals surface area contributed by atoms with Crippen molar-refractivity contribution in [2.24, 2.45) is 0 Å². The number of benzene rings is 2. The largest absolute Gasteiger partial charge is 0.376 e. The number of hydrogen-bond acceptors (Lipinski definition) is 4. The molecule has 1 fully saturated rings. The van der Waals surface area contributed by atoms with E-state index in [0.29, 0.717) is 12.3 Å². The van der Waals surface area contributed by atoms with Gasteiger partial charge in [-0.25, -0.2) is 4.98 Å². The molecule has 1 aliphatic heterocycles. The van der Waals surface area contributed by atoms with Crippen molar-refractivity contribution in [3.8, 4) is 11.3 Å². The second kappa shape index (κ2) is 10.2. The molecule has 0 N–H and O–H groups in total. The highest BCUT2D eigenvalue weighted by Gasteiger charge is 2.21. The van der Waals surface area contributed by atoms with E-state index in [-0.39, 0.29) is 12.0 Å². The third-order valence-corrected chi connectivity index (χ3v) is 6.69. The van der Waals surface area contributed by atoms with Gasteiger partial charge in [0.25, 0.3) is 0 Å². The maximum Gasteiger partial charge on any atom is 0.233 e. The van der Waals surface area contributed by atoms with Gasteiger partial charge < -0.3 is 14.2 Å². The molecule has 1 atom stereocenters. The number of carbonyl (C=O) groups excluding carboxylic acids is 1. The maximum absolute atomic E-state index is 12.8.